The molecule has 0 spiro atoms. The van der Waals surface area contributed by atoms with Gasteiger partial charge in [-0.05, 0) is 19.4 Å². The Morgan fingerprint density at radius 2 is 1.61 bits per heavy atom. The molecule has 2 aliphatic heterocycles. The quantitative estimate of drug-likeness (QED) is 0.813. The lowest BCUT2D eigenvalue weighted by Crippen LogP contribution is -2.34. The van der Waals surface area contributed by atoms with Crippen molar-refractivity contribution in [3.63, 3.8) is 0 Å². The summed E-state index contributed by atoms with van der Waals surface area (Å²) >= 11 is 0. The lowest BCUT2D eigenvalue weighted by atomic mass is 9.93. The normalized spacial score (nSPS) is 19.1. The molecule has 1 unspecified atom stereocenters. The van der Waals surface area contributed by atoms with Gasteiger partial charge in [0.05, 0.1) is 6.54 Å². The molecule has 4 nitrogen and oxygen atoms in total. The van der Waals surface area contributed by atoms with Crippen LogP contribution in [-0.2, 0) is 9.47 Å². The third kappa shape index (κ3) is 4.57. The Hall–Kier alpha value is -1.84. The van der Waals surface area contributed by atoms with E-state index in [0.717, 1.165) is 18.3 Å². The van der Waals surface area contributed by atoms with E-state index >= 15 is 0 Å². The average molecular weight is 318 g/mol. The zero-order chi connectivity index (χ0) is 17.3. The fraction of sp³-hybridized carbons (Fsp3) is 0.579. The lowest BCUT2D eigenvalue weighted by molar-refractivity contribution is 0.272. The van der Waals surface area contributed by atoms with Gasteiger partial charge in [-0.15, -0.1) is 0 Å². The Kier molecular flexibility index (Phi) is 7.79. The van der Waals surface area contributed by atoms with Crippen LogP contribution >= 0.6 is 0 Å². The summed E-state index contributed by atoms with van der Waals surface area (Å²) in [5.74, 6) is 1.46. The summed E-state index contributed by atoms with van der Waals surface area (Å²) in [7, 11) is 0. The Balaban J connectivity index is 0.000000615. The average Bonchev–Trinajstić information content (AvgIpc) is 3.32. The Labute approximate surface area is 140 Å². The molecule has 0 aliphatic carbocycles. The van der Waals surface area contributed by atoms with Crippen molar-refractivity contribution >= 4 is 11.8 Å². The first-order chi connectivity index (χ1) is 11.2. The third-order valence-electron chi connectivity index (χ3n) is 3.49. The molecule has 0 fully saturated rings. The maximum Gasteiger partial charge on any atom is 0.199 e. The summed E-state index contributed by atoms with van der Waals surface area (Å²) in [6, 6.07) is 10.3. The summed E-state index contributed by atoms with van der Waals surface area (Å²) in [5.41, 5.74) is 0.808. The maximum absolute atomic E-state index is 5.79. The molecule has 4 heteroatoms. The molecule has 0 N–H and O–H groups in total. The second-order valence-corrected chi connectivity index (χ2v) is 5.33. The molecule has 0 radical (unpaired) electrons. The van der Waals surface area contributed by atoms with Crippen molar-refractivity contribution in [2.75, 3.05) is 19.8 Å². The molecular formula is C19H30N2O2. The van der Waals surface area contributed by atoms with Gasteiger partial charge < -0.3 is 9.47 Å². The van der Waals surface area contributed by atoms with Gasteiger partial charge in [0, 0.05) is 0 Å². The number of ether oxygens (including phenoxy) is 2. The first kappa shape index (κ1) is 19.2. The van der Waals surface area contributed by atoms with Crippen molar-refractivity contribution in [3.05, 3.63) is 35.9 Å². The zero-order valence-corrected chi connectivity index (χ0v) is 15.3. The van der Waals surface area contributed by atoms with E-state index < -0.39 is 0 Å². The molecule has 1 aromatic rings. The van der Waals surface area contributed by atoms with Crippen LogP contribution in [0.2, 0.25) is 0 Å². The van der Waals surface area contributed by atoms with Crippen LogP contribution in [0.25, 0.3) is 0 Å². The molecule has 0 aromatic heterocycles. The van der Waals surface area contributed by atoms with Gasteiger partial charge in [0.25, 0.3) is 0 Å². The van der Waals surface area contributed by atoms with E-state index in [9.17, 15) is 0 Å². The number of nitrogens with zero attached hydrogens (tertiary/aromatic N) is 2. The molecule has 0 amide bonds. The van der Waals surface area contributed by atoms with E-state index in [1.165, 1.54) is 5.56 Å². The van der Waals surface area contributed by atoms with Gasteiger partial charge in [0.1, 0.15) is 24.7 Å². The van der Waals surface area contributed by atoms with Crippen LogP contribution in [0.15, 0.2) is 40.3 Å². The molecule has 23 heavy (non-hydrogen) atoms. The molecular weight excluding hydrogens is 288 g/mol. The van der Waals surface area contributed by atoms with Crippen molar-refractivity contribution in [3.8, 4) is 0 Å². The van der Waals surface area contributed by atoms with E-state index in [-0.39, 0.29) is 11.5 Å². The fourth-order valence-corrected chi connectivity index (χ4v) is 2.37. The van der Waals surface area contributed by atoms with E-state index in [0.29, 0.717) is 13.2 Å². The van der Waals surface area contributed by atoms with Crippen LogP contribution in [0.1, 0.15) is 53.1 Å². The summed E-state index contributed by atoms with van der Waals surface area (Å²) in [5, 5.41) is 0. The number of hydrogen-bond donors (Lipinski definition) is 0. The highest BCUT2D eigenvalue weighted by Gasteiger charge is 2.39. The predicted molar refractivity (Wildman–Crippen MR) is 97.3 cm³/mol. The molecule has 1 atom stereocenters. The van der Waals surface area contributed by atoms with E-state index in [1.807, 2.05) is 59.7 Å². The van der Waals surface area contributed by atoms with Crippen LogP contribution in [0.5, 0.6) is 0 Å². The summed E-state index contributed by atoms with van der Waals surface area (Å²) in [6.45, 7) is 14.1. The summed E-state index contributed by atoms with van der Waals surface area (Å²) in [4.78, 5) is 9.09. The monoisotopic (exact) mass is 318 g/mol. The van der Waals surface area contributed by atoms with Gasteiger partial charge in [-0.1, -0.05) is 58.0 Å². The number of rotatable bonds is 3. The van der Waals surface area contributed by atoms with E-state index in [2.05, 4.69) is 17.1 Å². The minimum Gasteiger partial charge on any atom is -0.478 e. The van der Waals surface area contributed by atoms with Crippen molar-refractivity contribution in [2.24, 2.45) is 15.4 Å². The smallest absolute Gasteiger partial charge is 0.199 e. The zero-order valence-electron chi connectivity index (χ0n) is 15.3. The first-order valence-corrected chi connectivity index (χ1v) is 8.61. The lowest BCUT2D eigenvalue weighted by Gasteiger charge is -2.22. The molecule has 3 rings (SSSR count). The molecule has 128 valence electrons. The second-order valence-electron chi connectivity index (χ2n) is 5.33. The second kappa shape index (κ2) is 9.33. The van der Waals surface area contributed by atoms with Gasteiger partial charge in [-0.3, -0.25) is 4.99 Å². The van der Waals surface area contributed by atoms with Gasteiger partial charge in [0.15, 0.2) is 11.8 Å². The van der Waals surface area contributed by atoms with Gasteiger partial charge in [-0.25, -0.2) is 4.99 Å². The Morgan fingerprint density at radius 3 is 2.17 bits per heavy atom. The highest BCUT2D eigenvalue weighted by molar-refractivity contribution is 6.05. The van der Waals surface area contributed by atoms with Crippen molar-refractivity contribution in [1.82, 2.24) is 0 Å². The topological polar surface area (TPSA) is 43.2 Å². The Bertz CT molecular complexity index is 521. The molecule has 0 saturated heterocycles. The van der Waals surface area contributed by atoms with E-state index in [4.69, 9.17) is 14.5 Å². The van der Waals surface area contributed by atoms with Gasteiger partial charge in [0.2, 0.25) is 0 Å². The number of aliphatic imine (C=N–C) groups is 2. The molecule has 0 saturated carbocycles. The van der Waals surface area contributed by atoms with Crippen LogP contribution in [-0.4, -0.2) is 31.6 Å². The maximum atomic E-state index is 5.79. The standard InChI is InChI=1S/C15H18N2O2.2C2H6/c1-15(2,13-16-8-9-18-13)14-17-12(10-19-14)11-6-4-3-5-7-11;2*1-2/h3-7,12H,8-10H2,1-2H3;2*1-2H3. The number of hydrogen-bond acceptors (Lipinski definition) is 4. The van der Waals surface area contributed by atoms with Crippen molar-refractivity contribution in [1.29, 1.82) is 0 Å². The van der Waals surface area contributed by atoms with Gasteiger partial charge in [-0.2, -0.15) is 0 Å². The molecule has 2 aliphatic rings. The van der Waals surface area contributed by atoms with Crippen molar-refractivity contribution < 1.29 is 9.47 Å². The van der Waals surface area contributed by atoms with Gasteiger partial charge >= 0.3 is 0 Å². The van der Waals surface area contributed by atoms with Crippen LogP contribution in [0, 0.1) is 5.41 Å². The van der Waals surface area contributed by atoms with Crippen molar-refractivity contribution in [2.45, 2.75) is 47.6 Å². The highest BCUT2D eigenvalue weighted by Crippen LogP contribution is 2.32. The minimum absolute atomic E-state index is 0.0810. The summed E-state index contributed by atoms with van der Waals surface area (Å²) < 4.78 is 11.3. The van der Waals surface area contributed by atoms with Crippen LogP contribution in [0.3, 0.4) is 0 Å². The third-order valence-corrected chi connectivity index (χ3v) is 3.49. The Morgan fingerprint density at radius 1 is 0.957 bits per heavy atom. The first-order valence-electron chi connectivity index (χ1n) is 8.61. The summed E-state index contributed by atoms with van der Waals surface area (Å²) in [6.07, 6.45) is 0. The van der Waals surface area contributed by atoms with E-state index in [1.54, 1.807) is 0 Å². The molecule has 1 aromatic carbocycles. The molecule has 2 heterocycles. The minimum atomic E-state index is -0.375. The van der Waals surface area contributed by atoms with Crippen LogP contribution < -0.4 is 0 Å². The highest BCUT2D eigenvalue weighted by atomic mass is 16.5. The fourth-order valence-electron chi connectivity index (χ4n) is 2.37. The van der Waals surface area contributed by atoms with Crippen LogP contribution in [0.4, 0.5) is 0 Å². The molecule has 0 bridgehead atoms. The predicted octanol–water partition coefficient (Wildman–Crippen LogP) is 4.66. The number of benzene rings is 1. The largest absolute Gasteiger partial charge is 0.478 e. The SMILES string of the molecule is CC.CC.CC(C)(C1=NCCO1)C1=NC(c2ccccc2)CO1.